The van der Waals surface area contributed by atoms with Gasteiger partial charge in [0.05, 0.1) is 12.2 Å². The summed E-state index contributed by atoms with van der Waals surface area (Å²) in [6.45, 7) is 6.83. The second-order valence-corrected chi connectivity index (χ2v) is 5.38. The van der Waals surface area contributed by atoms with Crippen LogP contribution in [0.3, 0.4) is 0 Å². The highest BCUT2D eigenvalue weighted by molar-refractivity contribution is 5.82. The van der Waals surface area contributed by atoms with E-state index in [4.69, 9.17) is 10.5 Å². The smallest absolute Gasteiger partial charge is 0.153 e. The number of para-hydroxylation sites is 1. The number of carbonyl (C=O) groups is 1. The summed E-state index contributed by atoms with van der Waals surface area (Å²) in [6, 6.07) is 9.35. The van der Waals surface area contributed by atoms with Gasteiger partial charge in [-0.1, -0.05) is 24.8 Å². The summed E-state index contributed by atoms with van der Waals surface area (Å²) in [6.07, 6.45) is 6.64. The van der Waals surface area contributed by atoms with E-state index in [2.05, 4.69) is 16.9 Å². The molecule has 0 fully saturated rings. The van der Waals surface area contributed by atoms with E-state index in [9.17, 15) is 4.79 Å². The van der Waals surface area contributed by atoms with Gasteiger partial charge in [0, 0.05) is 30.4 Å². The topological polar surface area (TPSA) is 77.2 Å². The molecule has 25 heavy (non-hydrogen) atoms. The third kappa shape index (κ3) is 4.94. The molecule has 1 aromatic carbocycles. The molecule has 2 aromatic rings. The van der Waals surface area contributed by atoms with Crippen molar-refractivity contribution in [2.75, 3.05) is 24.2 Å². The molecule has 0 saturated heterocycles. The maximum absolute atomic E-state index is 11.2. The summed E-state index contributed by atoms with van der Waals surface area (Å²) >= 11 is 0. The number of nitrogens with two attached hydrogens (primary N) is 1. The number of aromatic nitrogens is 1. The average Bonchev–Trinajstić information content (AvgIpc) is 2.63. The van der Waals surface area contributed by atoms with E-state index in [-0.39, 0.29) is 0 Å². The first-order valence-electron chi connectivity index (χ1n) is 8.18. The Hall–Kier alpha value is -3.08. The Balaban J connectivity index is 2.05. The Morgan fingerprint density at radius 3 is 2.88 bits per heavy atom. The third-order valence-corrected chi connectivity index (χ3v) is 3.59. The van der Waals surface area contributed by atoms with E-state index < -0.39 is 0 Å². The lowest BCUT2D eigenvalue weighted by Crippen LogP contribution is -2.05. The molecule has 0 unspecified atom stereocenters. The minimum absolute atomic E-state index is 0.439. The third-order valence-electron chi connectivity index (χ3n) is 3.59. The van der Waals surface area contributed by atoms with Crippen molar-refractivity contribution in [3.63, 3.8) is 0 Å². The fourth-order valence-electron chi connectivity index (χ4n) is 2.39. The predicted octanol–water partition coefficient (Wildman–Crippen LogP) is 3.69. The number of nitrogens with zero attached hydrogens (tertiary/aromatic N) is 1. The van der Waals surface area contributed by atoms with Crippen LogP contribution in [0.1, 0.15) is 28.4 Å². The fraction of sp³-hybridized carbons (Fsp3) is 0.200. The molecule has 130 valence electrons. The van der Waals surface area contributed by atoms with Gasteiger partial charge in [-0.15, -0.1) is 0 Å². The second-order valence-electron chi connectivity index (χ2n) is 5.38. The summed E-state index contributed by atoms with van der Waals surface area (Å²) in [5.74, 6) is 1.27. The zero-order valence-corrected chi connectivity index (χ0v) is 14.4. The first-order valence-corrected chi connectivity index (χ1v) is 8.18. The number of allylic oxidation sites excluding steroid dienone is 2. The summed E-state index contributed by atoms with van der Waals surface area (Å²) in [5.41, 5.74) is 8.97. The number of hydrogen-bond donors (Lipinski definition) is 2. The second kappa shape index (κ2) is 9.27. The van der Waals surface area contributed by atoms with Gasteiger partial charge in [-0.25, -0.2) is 4.98 Å². The number of nitrogen functional groups attached to an aromatic ring is 1. The van der Waals surface area contributed by atoms with Crippen molar-refractivity contribution in [1.29, 1.82) is 0 Å². The first-order chi connectivity index (χ1) is 12.2. The van der Waals surface area contributed by atoms with E-state index in [0.29, 0.717) is 42.4 Å². The van der Waals surface area contributed by atoms with Crippen molar-refractivity contribution < 1.29 is 9.53 Å². The Morgan fingerprint density at radius 2 is 2.20 bits per heavy atom. The average molecular weight is 337 g/mol. The standard InChI is InChI=1S/C20H23N3O2/c1-3-7-19(17-8-5-6-9-18(17)21)25-11-10-15-12-16(14-24)20(22-4-2)23-13-15/h3,5-9,12-14H,1,4,10-11,21H2,2H3,(H,22,23)/b19-7+. The lowest BCUT2D eigenvalue weighted by atomic mass is 10.1. The molecule has 0 aliphatic carbocycles. The van der Waals surface area contributed by atoms with Crippen LogP contribution >= 0.6 is 0 Å². The highest BCUT2D eigenvalue weighted by Crippen LogP contribution is 2.23. The van der Waals surface area contributed by atoms with Crippen LogP contribution in [-0.2, 0) is 11.2 Å². The van der Waals surface area contributed by atoms with Crippen LogP contribution in [0.15, 0.2) is 55.3 Å². The number of nitrogens with one attached hydrogen (secondary N) is 1. The zero-order chi connectivity index (χ0) is 18.1. The van der Waals surface area contributed by atoms with Crippen LogP contribution in [0.4, 0.5) is 11.5 Å². The maximum Gasteiger partial charge on any atom is 0.153 e. The van der Waals surface area contributed by atoms with E-state index in [0.717, 1.165) is 17.4 Å². The molecule has 0 atom stereocenters. The van der Waals surface area contributed by atoms with Crippen LogP contribution in [-0.4, -0.2) is 24.4 Å². The molecular formula is C20H23N3O2. The van der Waals surface area contributed by atoms with Crippen molar-refractivity contribution in [3.05, 3.63) is 72.0 Å². The molecule has 3 N–H and O–H groups in total. The number of benzene rings is 1. The minimum Gasteiger partial charge on any atom is -0.493 e. The number of pyridine rings is 1. The molecule has 1 heterocycles. The molecule has 2 rings (SSSR count). The predicted molar refractivity (Wildman–Crippen MR) is 102 cm³/mol. The highest BCUT2D eigenvalue weighted by atomic mass is 16.5. The van der Waals surface area contributed by atoms with Crippen molar-refractivity contribution in [3.8, 4) is 0 Å². The number of hydrogen-bond acceptors (Lipinski definition) is 5. The molecule has 0 saturated carbocycles. The van der Waals surface area contributed by atoms with Crippen molar-refractivity contribution in [2.45, 2.75) is 13.3 Å². The number of rotatable bonds is 9. The SMILES string of the molecule is C=C/C=C(/OCCc1cnc(NCC)c(C=O)c1)c1ccccc1N. The van der Waals surface area contributed by atoms with E-state index in [1.54, 1.807) is 18.3 Å². The lowest BCUT2D eigenvalue weighted by molar-refractivity contribution is 0.112. The van der Waals surface area contributed by atoms with Gasteiger partial charge in [0.25, 0.3) is 0 Å². The Bertz CT molecular complexity index is 769. The Morgan fingerprint density at radius 1 is 1.40 bits per heavy atom. The number of ether oxygens (including phenoxy) is 1. The monoisotopic (exact) mass is 337 g/mol. The normalized spacial score (nSPS) is 11.0. The van der Waals surface area contributed by atoms with Crippen LogP contribution in [0.25, 0.3) is 5.76 Å². The van der Waals surface area contributed by atoms with Gasteiger partial charge >= 0.3 is 0 Å². The van der Waals surface area contributed by atoms with Crippen molar-refractivity contribution in [2.24, 2.45) is 0 Å². The van der Waals surface area contributed by atoms with Crippen molar-refractivity contribution >= 4 is 23.6 Å². The summed E-state index contributed by atoms with van der Waals surface area (Å²) < 4.78 is 5.88. The van der Waals surface area contributed by atoms with Crippen molar-refractivity contribution in [1.82, 2.24) is 4.98 Å². The molecule has 0 bridgehead atoms. The van der Waals surface area contributed by atoms with Gasteiger partial charge in [-0.2, -0.15) is 0 Å². The first kappa shape index (κ1) is 18.3. The molecule has 1 aromatic heterocycles. The summed E-state index contributed by atoms with van der Waals surface area (Å²) in [7, 11) is 0. The largest absolute Gasteiger partial charge is 0.493 e. The van der Waals surface area contributed by atoms with Gasteiger partial charge in [0.15, 0.2) is 6.29 Å². The van der Waals surface area contributed by atoms with Crippen LogP contribution in [0.5, 0.6) is 0 Å². The lowest BCUT2D eigenvalue weighted by Gasteiger charge is -2.13. The minimum atomic E-state index is 0.439. The van der Waals surface area contributed by atoms with E-state index in [1.165, 1.54) is 0 Å². The maximum atomic E-state index is 11.2. The molecular weight excluding hydrogens is 314 g/mol. The number of anilines is 2. The molecule has 5 heteroatoms. The molecule has 0 radical (unpaired) electrons. The van der Waals surface area contributed by atoms with Gasteiger partial charge < -0.3 is 15.8 Å². The molecule has 0 spiro atoms. The summed E-state index contributed by atoms with van der Waals surface area (Å²) in [4.78, 5) is 15.5. The van der Waals surface area contributed by atoms with E-state index >= 15 is 0 Å². The van der Waals surface area contributed by atoms with Gasteiger partial charge in [-0.05, 0) is 36.8 Å². The molecule has 0 aliphatic heterocycles. The number of aldehydes is 1. The summed E-state index contributed by atoms with van der Waals surface area (Å²) in [5, 5.41) is 3.07. The number of carbonyl (C=O) groups excluding carboxylic acids is 1. The molecule has 0 aliphatic rings. The van der Waals surface area contributed by atoms with Gasteiger partial charge in [-0.3, -0.25) is 4.79 Å². The van der Waals surface area contributed by atoms with Gasteiger partial charge in [0.1, 0.15) is 11.6 Å². The van der Waals surface area contributed by atoms with E-state index in [1.807, 2.05) is 37.3 Å². The zero-order valence-electron chi connectivity index (χ0n) is 14.4. The van der Waals surface area contributed by atoms with Gasteiger partial charge in [0.2, 0.25) is 0 Å². The van der Waals surface area contributed by atoms with Crippen LogP contribution in [0, 0.1) is 0 Å². The Kier molecular flexibility index (Phi) is 6.77. The molecule has 0 amide bonds. The highest BCUT2D eigenvalue weighted by Gasteiger charge is 2.08. The fourth-order valence-corrected chi connectivity index (χ4v) is 2.39. The van der Waals surface area contributed by atoms with Crippen LogP contribution < -0.4 is 11.1 Å². The van der Waals surface area contributed by atoms with Crippen LogP contribution in [0.2, 0.25) is 0 Å². The Labute approximate surface area is 148 Å². The molecule has 5 nitrogen and oxygen atoms in total. The quantitative estimate of drug-likeness (QED) is 0.316.